The number of carbonyl (C=O) groups excluding carboxylic acids is 1. The van der Waals surface area contributed by atoms with Crippen LogP contribution in [0.5, 0.6) is 0 Å². The lowest BCUT2D eigenvalue weighted by atomic mass is 10.0. The van der Waals surface area contributed by atoms with Gasteiger partial charge >= 0.3 is 0 Å². The Kier molecular flexibility index (Phi) is 5.73. The van der Waals surface area contributed by atoms with Crippen molar-refractivity contribution < 1.29 is 18.7 Å². The minimum Gasteiger partial charge on any atom is -0.381 e. The van der Waals surface area contributed by atoms with Crippen molar-refractivity contribution in [3.05, 3.63) is 47.2 Å². The van der Waals surface area contributed by atoms with Gasteiger partial charge in [0.2, 0.25) is 5.95 Å². The molecule has 4 rings (SSSR count). The van der Waals surface area contributed by atoms with Crippen molar-refractivity contribution in [2.45, 2.75) is 38.9 Å². The number of carbonyl (C=O) groups is 1. The summed E-state index contributed by atoms with van der Waals surface area (Å²) in [5, 5.41) is 2.66. The highest BCUT2D eigenvalue weighted by atomic mass is 19.1. The van der Waals surface area contributed by atoms with E-state index in [1.54, 1.807) is 12.1 Å². The molecular formula is C21H25FN4O3. The van der Waals surface area contributed by atoms with E-state index in [0.29, 0.717) is 44.7 Å². The van der Waals surface area contributed by atoms with Crippen molar-refractivity contribution in [2.24, 2.45) is 0 Å². The molecule has 1 N–H and O–H groups in total. The Balaban J connectivity index is 1.71. The fourth-order valence-corrected chi connectivity index (χ4v) is 3.94. The number of ether oxygens (including phenoxy) is 2. The number of anilines is 2. The molecule has 2 aromatic rings. The van der Waals surface area contributed by atoms with Crippen LogP contribution in [0.25, 0.3) is 0 Å². The van der Waals surface area contributed by atoms with E-state index in [4.69, 9.17) is 14.5 Å². The van der Waals surface area contributed by atoms with Gasteiger partial charge < -0.3 is 19.7 Å². The van der Waals surface area contributed by atoms with Gasteiger partial charge in [0, 0.05) is 37.0 Å². The van der Waals surface area contributed by atoms with Gasteiger partial charge in [0.25, 0.3) is 5.91 Å². The van der Waals surface area contributed by atoms with Gasteiger partial charge in [0.05, 0.1) is 31.1 Å². The van der Waals surface area contributed by atoms with E-state index in [9.17, 15) is 9.18 Å². The van der Waals surface area contributed by atoms with E-state index < -0.39 is 5.95 Å². The number of morpholine rings is 1. The molecule has 0 aliphatic carbocycles. The molecule has 7 nitrogen and oxygen atoms in total. The number of nitrogens with one attached hydrogen (secondary N) is 1. The van der Waals surface area contributed by atoms with Crippen LogP contribution < -0.4 is 10.2 Å². The van der Waals surface area contributed by atoms with Crippen LogP contribution >= 0.6 is 0 Å². The van der Waals surface area contributed by atoms with Crippen molar-refractivity contribution in [2.75, 3.05) is 36.5 Å². The number of pyridine rings is 2. The van der Waals surface area contributed by atoms with Crippen molar-refractivity contribution in [3.63, 3.8) is 0 Å². The Morgan fingerprint density at radius 3 is 2.76 bits per heavy atom. The van der Waals surface area contributed by atoms with Crippen molar-refractivity contribution >= 4 is 17.4 Å². The van der Waals surface area contributed by atoms with E-state index in [2.05, 4.69) is 15.2 Å². The van der Waals surface area contributed by atoms with Crippen LogP contribution in [0.4, 0.5) is 15.9 Å². The summed E-state index contributed by atoms with van der Waals surface area (Å²) in [5.74, 6) is -0.335. The second-order valence-electron chi connectivity index (χ2n) is 7.52. The van der Waals surface area contributed by atoms with Gasteiger partial charge in [-0.15, -0.1) is 0 Å². The molecule has 8 heteroatoms. The molecule has 0 saturated carbocycles. The Labute approximate surface area is 169 Å². The minimum absolute atomic E-state index is 0.0584. The topological polar surface area (TPSA) is 76.6 Å². The zero-order chi connectivity index (χ0) is 20.4. The van der Waals surface area contributed by atoms with Gasteiger partial charge in [-0.05, 0) is 44.0 Å². The normalized spacial score (nSPS) is 22.0. The molecule has 0 unspecified atom stereocenters. The first-order valence-electron chi connectivity index (χ1n) is 9.94. The highest BCUT2D eigenvalue weighted by molar-refractivity contribution is 6.06. The Morgan fingerprint density at radius 2 is 2.00 bits per heavy atom. The lowest BCUT2D eigenvalue weighted by molar-refractivity contribution is -0.00547. The summed E-state index contributed by atoms with van der Waals surface area (Å²) in [6.07, 6.45) is 2.73. The molecule has 0 aromatic carbocycles. The van der Waals surface area contributed by atoms with Crippen LogP contribution in [0.2, 0.25) is 0 Å². The monoisotopic (exact) mass is 400 g/mol. The van der Waals surface area contributed by atoms with Gasteiger partial charge in [-0.25, -0.2) is 9.97 Å². The average Bonchev–Trinajstić information content (AvgIpc) is 2.93. The third-order valence-corrected chi connectivity index (χ3v) is 5.17. The molecule has 2 atom stereocenters. The summed E-state index contributed by atoms with van der Waals surface area (Å²) in [6, 6.07) is 4.88. The van der Waals surface area contributed by atoms with Crippen molar-refractivity contribution in [1.82, 2.24) is 9.97 Å². The number of aromatic nitrogens is 2. The van der Waals surface area contributed by atoms with E-state index in [-0.39, 0.29) is 23.8 Å². The average molecular weight is 400 g/mol. The van der Waals surface area contributed by atoms with Gasteiger partial charge in [-0.1, -0.05) is 0 Å². The summed E-state index contributed by atoms with van der Waals surface area (Å²) >= 11 is 0. The van der Waals surface area contributed by atoms with Gasteiger partial charge in [-0.2, -0.15) is 4.39 Å². The maximum absolute atomic E-state index is 13.9. The molecular weight excluding hydrogens is 375 g/mol. The first-order valence-corrected chi connectivity index (χ1v) is 9.94. The number of hydrogen-bond donors (Lipinski definition) is 1. The maximum Gasteiger partial charge on any atom is 0.256 e. The molecule has 0 spiro atoms. The van der Waals surface area contributed by atoms with Crippen LogP contribution in [0.1, 0.15) is 35.5 Å². The fraction of sp³-hybridized carbons (Fsp3) is 0.476. The van der Waals surface area contributed by atoms with E-state index in [1.807, 2.05) is 13.8 Å². The third-order valence-electron chi connectivity index (χ3n) is 5.17. The largest absolute Gasteiger partial charge is 0.381 e. The lowest BCUT2D eigenvalue weighted by Gasteiger charge is -2.36. The first kappa shape index (κ1) is 19.7. The number of nitrogens with zero attached hydrogens (tertiary/aromatic N) is 3. The van der Waals surface area contributed by atoms with Gasteiger partial charge in [0.1, 0.15) is 5.82 Å². The number of halogens is 1. The molecule has 0 radical (unpaired) electrons. The number of amides is 1. The van der Waals surface area contributed by atoms with Crippen LogP contribution in [0.15, 0.2) is 24.4 Å². The van der Waals surface area contributed by atoms with Crippen LogP contribution in [-0.4, -0.2) is 54.4 Å². The molecule has 4 heterocycles. The summed E-state index contributed by atoms with van der Waals surface area (Å²) in [5.41, 5.74) is 2.29. The molecule has 29 heavy (non-hydrogen) atoms. The van der Waals surface area contributed by atoms with Crippen LogP contribution in [0.3, 0.4) is 0 Å². The fourth-order valence-electron chi connectivity index (χ4n) is 3.94. The van der Waals surface area contributed by atoms with Crippen molar-refractivity contribution in [1.29, 1.82) is 0 Å². The zero-order valence-corrected chi connectivity index (χ0v) is 16.7. The maximum atomic E-state index is 13.9. The predicted molar refractivity (Wildman–Crippen MR) is 107 cm³/mol. The number of hydrogen-bond acceptors (Lipinski definition) is 6. The Morgan fingerprint density at radius 1 is 1.24 bits per heavy atom. The van der Waals surface area contributed by atoms with E-state index in [1.165, 1.54) is 12.3 Å². The third kappa shape index (κ3) is 4.38. The Hall–Kier alpha value is -2.58. The summed E-state index contributed by atoms with van der Waals surface area (Å²) in [6.45, 7) is 6.55. The molecule has 154 valence electrons. The molecule has 2 aliphatic heterocycles. The Bertz CT molecular complexity index is 897. The molecule has 2 aromatic heterocycles. The quantitative estimate of drug-likeness (QED) is 0.799. The summed E-state index contributed by atoms with van der Waals surface area (Å²) in [4.78, 5) is 23.7. The lowest BCUT2D eigenvalue weighted by Crippen LogP contribution is -2.46. The van der Waals surface area contributed by atoms with Gasteiger partial charge in [0.15, 0.2) is 0 Å². The number of fused-ring (bicyclic) bond motifs is 1. The second-order valence-corrected chi connectivity index (χ2v) is 7.52. The highest BCUT2D eigenvalue weighted by Gasteiger charge is 2.27. The van der Waals surface area contributed by atoms with Crippen LogP contribution in [-0.2, 0) is 22.3 Å². The minimum atomic E-state index is -0.708. The molecule has 1 amide bonds. The smallest absolute Gasteiger partial charge is 0.256 e. The second kappa shape index (κ2) is 8.42. The molecule has 0 bridgehead atoms. The molecule has 2 aliphatic rings. The predicted octanol–water partition coefficient (Wildman–Crippen LogP) is 2.60. The van der Waals surface area contributed by atoms with Crippen molar-refractivity contribution in [3.8, 4) is 0 Å². The summed E-state index contributed by atoms with van der Waals surface area (Å²) in [7, 11) is 0. The molecule has 1 fully saturated rings. The molecule has 1 saturated heterocycles. The van der Waals surface area contributed by atoms with Gasteiger partial charge in [-0.3, -0.25) is 4.79 Å². The standard InChI is InChI=1S/C21H25FN4O3/c1-13-11-26(12-14(2)29-13)19-10-16(15-5-8-28-9-6-17(15)24-19)21(27)25-18-4-3-7-23-20(18)22/h3-4,7,10,13-14H,5-6,8-9,11-12H2,1-2H3,(H,25,27)/t13-,14+. The van der Waals surface area contributed by atoms with Crippen LogP contribution in [0, 0.1) is 5.95 Å². The van der Waals surface area contributed by atoms with E-state index in [0.717, 1.165) is 17.1 Å². The highest BCUT2D eigenvalue weighted by Crippen LogP contribution is 2.26. The van der Waals surface area contributed by atoms with E-state index >= 15 is 0 Å². The zero-order valence-electron chi connectivity index (χ0n) is 16.7. The SMILES string of the molecule is C[C@@H]1CN(c2cc(C(=O)Nc3cccnc3F)c3c(n2)CCOCC3)C[C@H](C)O1. The first-order chi connectivity index (χ1) is 14.0. The summed E-state index contributed by atoms with van der Waals surface area (Å²) < 4.78 is 25.4. The number of rotatable bonds is 3.